The summed E-state index contributed by atoms with van der Waals surface area (Å²) in [5.41, 5.74) is 1.17. The number of hydrogen-bond acceptors (Lipinski definition) is 3. The number of aromatic nitrogens is 1. The van der Waals surface area contributed by atoms with Crippen molar-refractivity contribution in [2.24, 2.45) is 0 Å². The Labute approximate surface area is 99.5 Å². The van der Waals surface area contributed by atoms with Crippen molar-refractivity contribution in [3.63, 3.8) is 0 Å². The molecule has 2 rings (SSSR count). The van der Waals surface area contributed by atoms with Gasteiger partial charge in [-0.25, -0.2) is 4.98 Å². The number of aryl methyl sites for hydroxylation is 1. The molecule has 1 aliphatic carbocycles. The van der Waals surface area contributed by atoms with Crippen LogP contribution in [0.4, 0.5) is 0 Å². The number of carboxylic acid groups (broad SMARTS) is 1. The van der Waals surface area contributed by atoms with Crippen molar-refractivity contribution in [3.05, 3.63) is 15.6 Å². The smallest absolute Gasteiger partial charge is 0.310 e. The molecule has 0 amide bonds. The highest BCUT2D eigenvalue weighted by molar-refractivity contribution is 7.11. The van der Waals surface area contributed by atoms with E-state index in [1.807, 2.05) is 0 Å². The molecule has 0 aliphatic heterocycles. The molecule has 4 heteroatoms. The predicted molar refractivity (Wildman–Crippen MR) is 64.0 cm³/mol. The van der Waals surface area contributed by atoms with Crippen LogP contribution in [-0.2, 0) is 11.2 Å². The Morgan fingerprint density at radius 1 is 1.44 bits per heavy atom. The van der Waals surface area contributed by atoms with Crippen LogP contribution in [0.1, 0.15) is 53.6 Å². The van der Waals surface area contributed by atoms with Crippen molar-refractivity contribution in [2.75, 3.05) is 0 Å². The van der Waals surface area contributed by atoms with Crippen LogP contribution in [0.15, 0.2) is 0 Å². The summed E-state index contributed by atoms with van der Waals surface area (Å²) >= 11 is 1.54. The van der Waals surface area contributed by atoms with Gasteiger partial charge in [-0.15, -0.1) is 11.3 Å². The average molecular weight is 239 g/mol. The zero-order valence-corrected chi connectivity index (χ0v) is 10.3. The maximum Gasteiger partial charge on any atom is 0.310 e. The Hall–Kier alpha value is -0.900. The maximum absolute atomic E-state index is 10.6. The minimum atomic E-state index is -0.788. The van der Waals surface area contributed by atoms with Crippen molar-refractivity contribution >= 4 is 17.3 Å². The van der Waals surface area contributed by atoms with E-state index in [4.69, 9.17) is 5.11 Å². The zero-order valence-electron chi connectivity index (χ0n) is 9.53. The fourth-order valence-corrected chi connectivity index (χ4v) is 3.43. The molecule has 1 heterocycles. The number of carbonyl (C=O) groups is 1. The second kappa shape index (κ2) is 4.95. The number of hydrogen-bond donors (Lipinski definition) is 1. The lowest BCUT2D eigenvalue weighted by Crippen LogP contribution is -2.06. The van der Waals surface area contributed by atoms with E-state index in [9.17, 15) is 4.79 Å². The van der Waals surface area contributed by atoms with Crippen molar-refractivity contribution < 1.29 is 9.90 Å². The first-order chi connectivity index (χ1) is 7.66. The largest absolute Gasteiger partial charge is 0.481 e. The van der Waals surface area contributed by atoms with E-state index in [-0.39, 0.29) is 6.42 Å². The fraction of sp³-hybridized carbons (Fsp3) is 0.667. The molecule has 1 aromatic heterocycles. The Balaban J connectivity index is 2.13. The molecule has 1 aromatic rings. The van der Waals surface area contributed by atoms with Crippen molar-refractivity contribution in [1.29, 1.82) is 0 Å². The van der Waals surface area contributed by atoms with E-state index in [0.29, 0.717) is 5.92 Å². The second-order valence-corrected chi connectivity index (χ2v) is 5.74. The molecule has 1 aliphatic rings. The molecular weight excluding hydrogens is 222 g/mol. The average Bonchev–Trinajstić information content (AvgIpc) is 2.60. The normalized spacial score (nSPS) is 17.6. The van der Waals surface area contributed by atoms with Gasteiger partial charge < -0.3 is 5.11 Å². The third kappa shape index (κ3) is 2.61. The summed E-state index contributed by atoms with van der Waals surface area (Å²) in [6, 6.07) is 0. The van der Waals surface area contributed by atoms with Gasteiger partial charge in [0.05, 0.1) is 12.1 Å². The Kier molecular flexibility index (Phi) is 3.59. The van der Waals surface area contributed by atoms with Crippen LogP contribution in [0, 0.1) is 6.92 Å². The van der Waals surface area contributed by atoms with Gasteiger partial charge in [-0.05, 0) is 19.8 Å². The van der Waals surface area contributed by atoms with Gasteiger partial charge >= 0.3 is 5.97 Å². The van der Waals surface area contributed by atoms with Crippen molar-refractivity contribution in [3.8, 4) is 0 Å². The molecule has 0 unspecified atom stereocenters. The van der Waals surface area contributed by atoms with Gasteiger partial charge in [-0.2, -0.15) is 0 Å². The Morgan fingerprint density at radius 3 is 2.75 bits per heavy atom. The van der Waals surface area contributed by atoms with E-state index < -0.39 is 5.97 Å². The molecule has 1 fully saturated rings. The molecule has 0 atom stereocenters. The van der Waals surface area contributed by atoms with Crippen LogP contribution in [0.3, 0.4) is 0 Å². The topological polar surface area (TPSA) is 50.2 Å². The zero-order chi connectivity index (χ0) is 11.5. The standard InChI is InChI=1S/C12H17NO2S/c1-8-12(9-5-3-2-4-6-9)13-10(16-8)7-11(14)15/h9H,2-7H2,1H3,(H,14,15). The maximum atomic E-state index is 10.6. The van der Waals surface area contributed by atoms with Crippen LogP contribution < -0.4 is 0 Å². The second-order valence-electron chi connectivity index (χ2n) is 4.45. The van der Waals surface area contributed by atoms with E-state index in [0.717, 1.165) is 5.01 Å². The number of aliphatic carboxylic acids is 1. The predicted octanol–water partition coefficient (Wildman–Crippen LogP) is 3.13. The first kappa shape index (κ1) is 11.6. The first-order valence-corrected chi connectivity index (χ1v) is 6.66. The number of carboxylic acids is 1. The molecule has 1 saturated carbocycles. The van der Waals surface area contributed by atoms with E-state index in [2.05, 4.69) is 11.9 Å². The lowest BCUT2D eigenvalue weighted by molar-refractivity contribution is -0.136. The summed E-state index contributed by atoms with van der Waals surface area (Å²) in [7, 11) is 0. The van der Waals surface area contributed by atoms with Crippen LogP contribution >= 0.6 is 11.3 Å². The SMILES string of the molecule is Cc1sc(CC(=O)O)nc1C1CCCCC1. The number of nitrogens with zero attached hydrogens (tertiary/aromatic N) is 1. The van der Waals surface area contributed by atoms with E-state index >= 15 is 0 Å². The summed E-state index contributed by atoms with van der Waals surface area (Å²) in [4.78, 5) is 16.4. The van der Waals surface area contributed by atoms with Crippen LogP contribution in [-0.4, -0.2) is 16.1 Å². The first-order valence-electron chi connectivity index (χ1n) is 5.85. The van der Waals surface area contributed by atoms with E-state index in [1.54, 1.807) is 11.3 Å². The summed E-state index contributed by atoms with van der Waals surface area (Å²) in [6.07, 6.45) is 6.42. The molecule has 88 valence electrons. The van der Waals surface area contributed by atoms with E-state index in [1.165, 1.54) is 42.7 Å². The quantitative estimate of drug-likeness (QED) is 0.881. The summed E-state index contributed by atoms with van der Waals surface area (Å²) < 4.78 is 0. The Morgan fingerprint density at radius 2 is 2.12 bits per heavy atom. The fourth-order valence-electron chi connectivity index (χ4n) is 2.42. The Bertz CT molecular complexity index is 380. The minimum absolute atomic E-state index is 0.0677. The highest BCUT2D eigenvalue weighted by atomic mass is 32.1. The van der Waals surface area contributed by atoms with Crippen LogP contribution in [0.25, 0.3) is 0 Å². The monoisotopic (exact) mass is 239 g/mol. The lowest BCUT2D eigenvalue weighted by atomic mass is 9.86. The molecule has 0 aromatic carbocycles. The van der Waals surface area contributed by atoms with Gasteiger partial charge in [0, 0.05) is 10.8 Å². The highest BCUT2D eigenvalue weighted by Gasteiger charge is 2.21. The van der Waals surface area contributed by atoms with Gasteiger partial charge in [0.2, 0.25) is 0 Å². The van der Waals surface area contributed by atoms with Gasteiger partial charge in [-0.1, -0.05) is 19.3 Å². The third-order valence-corrected chi connectivity index (χ3v) is 4.16. The van der Waals surface area contributed by atoms with Crippen molar-refractivity contribution in [1.82, 2.24) is 4.98 Å². The number of thiazole rings is 1. The molecule has 3 nitrogen and oxygen atoms in total. The minimum Gasteiger partial charge on any atom is -0.481 e. The molecule has 0 radical (unpaired) electrons. The molecule has 0 saturated heterocycles. The summed E-state index contributed by atoms with van der Waals surface area (Å²) in [5.74, 6) is -0.212. The van der Waals surface area contributed by atoms with Gasteiger partial charge in [0.25, 0.3) is 0 Å². The summed E-state index contributed by atoms with van der Waals surface area (Å²) in [5, 5.41) is 9.50. The van der Waals surface area contributed by atoms with Gasteiger partial charge in [0.15, 0.2) is 0 Å². The molecule has 0 bridgehead atoms. The summed E-state index contributed by atoms with van der Waals surface area (Å²) in [6.45, 7) is 2.06. The van der Waals surface area contributed by atoms with Crippen molar-refractivity contribution in [2.45, 2.75) is 51.4 Å². The number of rotatable bonds is 3. The van der Waals surface area contributed by atoms with Gasteiger partial charge in [-0.3, -0.25) is 4.79 Å². The molecule has 16 heavy (non-hydrogen) atoms. The molecule has 0 spiro atoms. The molecular formula is C12H17NO2S. The molecule has 1 N–H and O–H groups in total. The lowest BCUT2D eigenvalue weighted by Gasteiger charge is -2.20. The van der Waals surface area contributed by atoms with Crippen LogP contribution in [0.2, 0.25) is 0 Å². The van der Waals surface area contributed by atoms with Gasteiger partial charge in [0.1, 0.15) is 5.01 Å². The highest BCUT2D eigenvalue weighted by Crippen LogP contribution is 2.35. The van der Waals surface area contributed by atoms with Crippen LogP contribution in [0.5, 0.6) is 0 Å². The third-order valence-electron chi connectivity index (χ3n) is 3.17.